The molecule has 0 bridgehead atoms. The van der Waals surface area contributed by atoms with Crippen LogP contribution in [-0.4, -0.2) is 47.3 Å². The van der Waals surface area contributed by atoms with Gasteiger partial charge in [-0.1, -0.05) is 5.16 Å². The summed E-state index contributed by atoms with van der Waals surface area (Å²) in [4.78, 5) is 19.5. The van der Waals surface area contributed by atoms with Crippen LogP contribution in [0.3, 0.4) is 0 Å². The Labute approximate surface area is 158 Å². The predicted octanol–water partition coefficient (Wildman–Crippen LogP) is 2.93. The van der Waals surface area contributed by atoms with E-state index in [9.17, 15) is 18.0 Å². The van der Waals surface area contributed by atoms with Crippen LogP contribution in [0.15, 0.2) is 41.7 Å². The van der Waals surface area contributed by atoms with E-state index in [1.165, 1.54) is 17.2 Å². The first-order valence-electron chi connectivity index (χ1n) is 8.67. The molecule has 2 aliphatic heterocycles. The summed E-state index contributed by atoms with van der Waals surface area (Å²) in [6.45, 7) is -0.0631. The number of hydrogen-bond acceptors (Lipinski definition) is 5. The quantitative estimate of drug-likeness (QED) is 0.803. The Balaban J connectivity index is 1.49. The van der Waals surface area contributed by atoms with Gasteiger partial charge < -0.3 is 9.57 Å². The van der Waals surface area contributed by atoms with Crippen LogP contribution in [-0.2, 0) is 9.63 Å². The lowest BCUT2D eigenvalue weighted by atomic mass is 10.0. The number of hydrogen-bond donors (Lipinski definition) is 0. The van der Waals surface area contributed by atoms with E-state index >= 15 is 0 Å². The zero-order chi connectivity index (χ0) is 19.9. The Morgan fingerprint density at radius 2 is 2.00 bits per heavy atom. The number of methoxy groups -OCH3 is 1. The molecule has 2 aliphatic rings. The van der Waals surface area contributed by atoms with Crippen molar-refractivity contribution in [2.75, 3.05) is 18.6 Å². The average molecular weight is 394 g/mol. The zero-order valence-electron chi connectivity index (χ0n) is 14.9. The molecule has 2 atom stereocenters. The van der Waals surface area contributed by atoms with E-state index in [1.807, 2.05) is 0 Å². The van der Waals surface area contributed by atoms with Gasteiger partial charge in [-0.05, 0) is 36.2 Å². The third kappa shape index (κ3) is 3.19. The Kier molecular flexibility index (Phi) is 4.48. The first-order chi connectivity index (χ1) is 13.4. The van der Waals surface area contributed by atoms with E-state index in [1.54, 1.807) is 31.4 Å². The highest BCUT2D eigenvalue weighted by molar-refractivity contribution is 6.06. The van der Waals surface area contributed by atoms with Gasteiger partial charge in [-0.25, -0.2) is 4.68 Å². The van der Waals surface area contributed by atoms with Gasteiger partial charge in [-0.2, -0.15) is 18.3 Å². The summed E-state index contributed by atoms with van der Waals surface area (Å²) >= 11 is 0. The Hall–Kier alpha value is -3.04. The number of carbonyl (C=O) groups excluding carboxylic acids is 1. The monoisotopic (exact) mass is 394 g/mol. The van der Waals surface area contributed by atoms with Crippen molar-refractivity contribution in [3.63, 3.8) is 0 Å². The van der Waals surface area contributed by atoms with E-state index in [0.29, 0.717) is 11.5 Å². The molecule has 0 saturated heterocycles. The lowest BCUT2D eigenvalue weighted by Gasteiger charge is -2.34. The summed E-state index contributed by atoms with van der Waals surface area (Å²) in [6, 6.07) is 6.81. The molecule has 1 amide bonds. The first-order valence-corrected chi connectivity index (χ1v) is 8.67. The van der Waals surface area contributed by atoms with Gasteiger partial charge in [-0.3, -0.25) is 9.69 Å². The van der Waals surface area contributed by atoms with E-state index in [0.717, 1.165) is 10.2 Å². The second-order valence-electron chi connectivity index (χ2n) is 6.53. The standard InChI is InChI=1S/C18H17F3N4O3/c1-27-12-4-2-11(3-5-12)13-10-14(28-23-13)17(26)24-9-7-15(18(19,20)21)25-16(24)6-8-22-25/h2-6,8,14-15H,7,9-10H2,1H3. The largest absolute Gasteiger partial charge is 0.497 e. The fourth-order valence-corrected chi connectivity index (χ4v) is 3.41. The molecule has 0 radical (unpaired) electrons. The average Bonchev–Trinajstić information content (AvgIpc) is 3.35. The SMILES string of the molecule is COc1ccc(C2=NOC(C(=O)N3CCC(C(F)(F)F)n4nccc43)C2)cc1. The number of oxime groups is 1. The Morgan fingerprint density at radius 1 is 1.25 bits per heavy atom. The van der Waals surface area contributed by atoms with Crippen molar-refractivity contribution >= 4 is 17.4 Å². The molecule has 28 heavy (non-hydrogen) atoms. The smallest absolute Gasteiger partial charge is 0.410 e. The lowest BCUT2D eigenvalue weighted by Crippen LogP contribution is -2.46. The van der Waals surface area contributed by atoms with E-state index in [2.05, 4.69) is 10.3 Å². The molecule has 4 rings (SSSR count). The number of rotatable bonds is 3. The molecule has 148 valence electrons. The highest BCUT2D eigenvalue weighted by atomic mass is 19.4. The van der Waals surface area contributed by atoms with Crippen LogP contribution in [0.25, 0.3) is 0 Å². The van der Waals surface area contributed by atoms with E-state index < -0.39 is 24.2 Å². The number of alkyl halides is 3. The predicted molar refractivity (Wildman–Crippen MR) is 93.3 cm³/mol. The number of aromatic nitrogens is 2. The van der Waals surface area contributed by atoms with Crippen molar-refractivity contribution in [1.29, 1.82) is 0 Å². The summed E-state index contributed by atoms with van der Waals surface area (Å²) in [7, 11) is 1.56. The number of halogens is 3. The maximum Gasteiger partial charge on any atom is 0.410 e. The summed E-state index contributed by atoms with van der Waals surface area (Å²) in [6.07, 6.45) is -4.08. The number of benzene rings is 1. The van der Waals surface area contributed by atoms with Gasteiger partial charge in [0.1, 0.15) is 11.6 Å². The molecule has 2 aromatic rings. The maximum atomic E-state index is 13.2. The van der Waals surface area contributed by atoms with Crippen molar-refractivity contribution in [1.82, 2.24) is 9.78 Å². The van der Waals surface area contributed by atoms with Crippen molar-refractivity contribution < 1.29 is 27.5 Å². The third-order valence-electron chi connectivity index (χ3n) is 4.86. The molecule has 2 unspecified atom stereocenters. The summed E-state index contributed by atoms with van der Waals surface area (Å²) in [5.41, 5.74) is 1.39. The minimum absolute atomic E-state index is 0.0631. The minimum atomic E-state index is -4.43. The number of anilines is 1. The van der Waals surface area contributed by atoms with Crippen LogP contribution < -0.4 is 9.64 Å². The van der Waals surface area contributed by atoms with Crippen LogP contribution in [0.1, 0.15) is 24.4 Å². The minimum Gasteiger partial charge on any atom is -0.497 e. The zero-order valence-corrected chi connectivity index (χ0v) is 14.9. The summed E-state index contributed by atoms with van der Waals surface area (Å²) in [5, 5.41) is 7.75. The molecule has 3 heterocycles. The second kappa shape index (κ2) is 6.84. The Bertz CT molecular complexity index is 908. The molecule has 0 aliphatic carbocycles. The van der Waals surface area contributed by atoms with Crippen molar-refractivity contribution in [2.24, 2.45) is 5.16 Å². The molecular formula is C18H17F3N4O3. The molecule has 0 spiro atoms. The summed E-state index contributed by atoms with van der Waals surface area (Å²) < 4.78 is 45.6. The molecule has 7 nitrogen and oxygen atoms in total. The van der Waals surface area contributed by atoms with Gasteiger partial charge in [0.25, 0.3) is 5.91 Å². The Morgan fingerprint density at radius 3 is 2.68 bits per heavy atom. The van der Waals surface area contributed by atoms with E-state index in [-0.39, 0.29) is 25.2 Å². The van der Waals surface area contributed by atoms with Crippen molar-refractivity contribution in [2.45, 2.75) is 31.2 Å². The van der Waals surface area contributed by atoms with Gasteiger partial charge in [0, 0.05) is 19.0 Å². The summed E-state index contributed by atoms with van der Waals surface area (Å²) in [5.74, 6) is 0.367. The molecule has 1 aromatic carbocycles. The number of fused-ring (bicyclic) bond motifs is 1. The van der Waals surface area contributed by atoms with Gasteiger partial charge in [0.15, 0.2) is 6.04 Å². The van der Waals surface area contributed by atoms with Gasteiger partial charge >= 0.3 is 6.18 Å². The molecule has 10 heteroatoms. The number of nitrogens with zero attached hydrogens (tertiary/aromatic N) is 4. The van der Waals surface area contributed by atoms with Gasteiger partial charge in [0.05, 0.1) is 19.0 Å². The molecule has 0 saturated carbocycles. The van der Waals surface area contributed by atoms with Crippen molar-refractivity contribution in [3.8, 4) is 5.75 Å². The number of amides is 1. The van der Waals surface area contributed by atoms with Crippen molar-refractivity contribution in [3.05, 3.63) is 42.1 Å². The van der Waals surface area contributed by atoms with Crippen LogP contribution in [0, 0.1) is 0 Å². The highest BCUT2D eigenvalue weighted by Gasteiger charge is 2.47. The highest BCUT2D eigenvalue weighted by Crippen LogP contribution is 2.39. The topological polar surface area (TPSA) is 69.0 Å². The van der Waals surface area contributed by atoms with Crippen LogP contribution in [0.2, 0.25) is 0 Å². The van der Waals surface area contributed by atoms with Crippen LogP contribution in [0.5, 0.6) is 5.75 Å². The molecular weight excluding hydrogens is 377 g/mol. The second-order valence-corrected chi connectivity index (χ2v) is 6.53. The molecule has 0 N–H and O–H groups in total. The maximum absolute atomic E-state index is 13.2. The lowest BCUT2D eigenvalue weighted by molar-refractivity contribution is -0.173. The first kappa shape index (κ1) is 18.3. The number of carbonyl (C=O) groups is 1. The molecule has 1 aromatic heterocycles. The molecule has 0 fully saturated rings. The third-order valence-corrected chi connectivity index (χ3v) is 4.86. The van der Waals surface area contributed by atoms with E-state index in [4.69, 9.17) is 9.57 Å². The van der Waals surface area contributed by atoms with Gasteiger partial charge in [-0.15, -0.1) is 0 Å². The fraction of sp³-hybridized carbons (Fsp3) is 0.389. The van der Waals surface area contributed by atoms with Crippen LogP contribution in [0.4, 0.5) is 19.0 Å². The fourth-order valence-electron chi connectivity index (χ4n) is 3.41. The number of ether oxygens (including phenoxy) is 1. The van der Waals surface area contributed by atoms with Crippen LogP contribution >= 0.6 is 0 Å². The van der Waals surface area contributed by atoms with Gasteiger partial charge in [0.2, 0.25) is 6.10 Å². The normalized spacial score (nSPS) is 21.7.